The minimum atomic E-state index is -0.547. The molecule has 2 aromatic rings. The summed E-state index contributed by atoms with van der Waals surface area (Å²) >= 11 is 0. The summed E-state index contributed by atoms with van der Waals surface area (Å²) in [5.74, 6) is 0.986. The number of anilines is 1. The van der Waals surface area contributed by atoms with Gasteiger partial charge in [0, 0.05) is 11.8 Å². The average Bonchev–Trinajstić information content (AvgIpc) is 3.08. The third-order valence-electron chi connectivity index (χ3n) is 8.69. The van der Waals surface area contributed by atoms with Crippen LogP contribution in [0.2, 0.25) is 0 Å². The zero-order chi connectivity index (χ0) is 24.1. The quantitative estimate of drug-likeness (QED) is 0.475. The molecule has 2 aliphatic rings. The molecule has 0 aliphatic heterocycles. The Morgan fingerprint density at radius 3 is 2.76 bits per heavy atom. The predicted molar refractivity (Wildman–Crippen MR) is 130 cm³/mol. The van der Waals surface area contributed by atoms with Gasteiger partial charge in [0.15, 0.2) is 18.5 Å². The fourth-order valence-electron chi connectivity index (χ4n) is 6.07. The van der Waals surface area contributed by atoms with Crippen LogP contribution in [0.15, 0.2) is 35.4 Å². The first-order chi connectivity index (χ1) is 15.5. The lowest BCUT2D eigenvalue weighted by Gasteiger charge is -2.53. The predicted octanol–water partition coefficient (Wildman–Crippen LogP) is 3.45. The van der Waals surface area contributed by atoms with Gasteiger partial charge in [0.05, 0.1) is 25.8 Å². The second kappa shape index (κ2) is 8.51. The number of nitrogen functional groups attached to an aromatic ring is 1. The molecule has 2 aromatic heterocycles. The van der Waals surface area contributed by atoms with E-state index in [1.807, 2.05) is 17.9 Å². The number of aliphatic hydroxyl groups is 2. The monoisotopic (exact) mass is 454 g/mol. The Hall–Kier alpha value is -2.25. The van der Waals surface area contributed by atoms with Gasteiger partial charge in [-0.2, -0.15) is 4.98 Å². The Bertz CT molecular complexity index is 1120. The zero-order valence-corrected chi connectivity index (χ0v) is 21.0. The molecule has 2 heterocycles. The lowest BCUT2D eigenvalue weighted by atomic mass is 9.54. The Morgan fingerprint density at radius 1 is 1.30 bits per heavy atom. The summed E-state index contributed by atoms with van der Waals surface area (Å²) in [6.45, 7) is 11.8. The maximum absolute atomic E-state index is 11.0. The van der Waals surface area contributed by atoms with Crippen molar-refractivity contribution in [2.45, 2.75) is 85.5 Å². The number of rotatable bonds is 5. The van der Waals surface area contributed by atoms with Crippen molar-refractivity contribution in [3.05, 3.63) is 35.4 Å². The van der Waals surface area contributed by atoms with Gasteiger partial charge in [-0.1, -0.05) is 49.9 Å². The summed E-state index contributed by atoms with van der Waals surface area (Å²) in [5, 5.41) is 21.7. The van der Waals surface area contributed by atoms with Gasteiger partial charge in [0.1, 0.15) is 0 Å². The standard InChI is InChI=1S/C26H40N5O2/c1-16(10-12-31-15-30(6)24-22(31)23(27)28-14-29-24)9-11-26(5)17(2)7-8-18-21(26)19(32)13-20(33)25(18,3)4/h10,14-15,17,19-20,32-33H,7-9,11-13H2,1-6H3,(H2,27,28,29)/q+1/b16-10+/t17-,19+,20+,26+/m0/s1. The summed E-state index contributed by atoms with van der Waals surface area (Å²) in [4.78, 5) is 8.50. The van der Waals surface area contributed by atoms with E-state index < -0.39 is 12.2 Å². The number of nitrogens with zero attached hydrogens (tertiary/aromatic N) is 4. The van der Waals surface area contributed by atoms with Gasteiger partial charge in [0.25, 0.3) is 0 Å². The van der Waals surface area contributed by atoms with Crippen LogP contribution in [0.1, 0.15) is 66.7 Å². The van der Waals surface area contributed by atoms with Gasteiger partial charge in [-0.05, 0) is 49.5 Å². The Morgan fingerprint density at radius 2 is 2.03 bits per heavy atom. The molecule has 4 N–H and O–H groups in total. The van der Waals surface area contributed by atoms with Gasteiger partial charge in [0.2, 0.25) is 5.52 Å². The summed E-state index contributed by atoms with van der Waals surface area (Å²) in [6, 6.07) is 0. The highest BCUT2D eigenvalue weighted by Crippen LogP contribution is 2.56. The van der Waals surface area contributed by atoms with Crippen LogP contribution in [0.4, 0.5) is 5.82 Å². The maximum atomic E-state index is 11.0. The Kier molecular flexibility index (Phi) is 6.16. The van der Waals surface area contributed by atoms with Crippen molar-refractivity contribution < 1.29 is 14.8 Å². The van der Waals surface area contributed by atoms with E-state index in [0.29, 0.717) is 24.7 Å². The zero-order valence-electron chi connectivity index (χ0n) is 21.0. The van der Waals surface area contributed by atoms with Crippen LogP contribution in [0.25, 0.3) is 11.2 Å². The van der Waals surface area contributed by atoms with Crippen molar-refractivity contribution >= 4 is 17.0 Å². The first-order valence-electron chi connectivity index (χ1n) is 12.2. The van der Waals surface area contributed by atoms with Crippen molar-refractivity contribution in [2.75, 3.05) is 5.73 Å². The molecule has 4 atom stereocenters. The first kappa shape index (κ1) is 23.9. The van der Waals surface area contributed by atoms with Gasteiger partial charge < -0.3 is 15.9 Å². The lowest BCUT2D eigenvalue weighted by molar-refractivity contribution is -0.647. The molecule has 0 saturated carbocycles. The Balaban J connectivity index is 1.56. The van der Waals surface area contributed by atoms with E-state index in [2.05, 4.69) is 55.2 Å². The molecule has 7 heteroatoms. The topological polar surface area (TPSA) is 101 Å². The van der Waals surface area contributed by atoms with E-state index in [9.17, 15) is 10.2 Å². The van der Waals surface area contributed by atoms with Crippen LogP contribution in [-0.4, -0.2) is 37.0 Å². The van der Waals surface area contributed by atoms with E-state index in [1.165, 1.54) is 23.0 Å². The van der Waals surface area contributed by atoms with Crippen LogP contribution < -0.4 is 10.3 Å². The number of aliphatic hydroxyl groups excluding tert-OH is 2. The number of imidazole rings is 1. The van der Waals surface area contributed by atoms with Crippen molar-refractivity contribution in [3.8, 4) is 0 Å². The van der Waals surface area contributed by atoms with E-state index in [0.717, 1.165) is 36.8 Å². The third kappa shape index (κ3) is 3.99. The van der Waals surface area contributed by atoms with Crippen molar-refractivity contribution in [3.63, 3.8) is 0 Å². The molecule has 0 bridgehead atoms. The molecular formula is C26H40N5O2+. The van der Waals surface area contributed by atoms with Crippen LogP contribution in [0.5, 0.6) is 0 Å². The smallest absolute Gasteiger partial charge is 0.307 e. The molecular weight excluding hydrogens is 414 g/mol. The van der Waals surface area contributed by atoms with Gasteiger partial charge in [-0.3, -0.25) is 4.57 Å². The van der Waals surface area contributed by atoms with Crippen LogP contribution in [-0.2, 0) is 13.6 Å². The fraction of sp³-hybridized carbons (Fsp3) is 0.654. The minimum Gasteiger partial charge on any atom is -0.392 e. The summed E-state index contributed by atoms with van der Waals surface area (Å²) in [6.07, 6.45) is 9.19. The molecule has 0 saturated heterocycles. The van der Waals surface area contributed by atoms with Gasteiger partial charge in [-0.15, -0.1) is 0 Å². The normalized spacial score (nSPS) is 30.1. The van der Waals surface area contributed by atoms with E-state index in [1.54, 1.807) is 0 Å². The maximum Gasteiger partial charge on any atom is 0.307 e. The molecule has 0 spiro atoms. The van der Waals surface area contributed by atoms with Crippen LogP contribution in [0, 0.1) is 16.7 Å². The number of aryl methyl sites for hydroxylation is 1. The minimum absolute atomic E-state index is 0.0651. The highest BCUT2D eigenvalue weighted by Gasteiger charge is 2.50. The fourth-order valence-corrected chi connectivity index (χ4v) is 6.07. The summed E-state index contributed by atoms with van der Waals surface area (Å²) in [5.41, 5.74) is 11.3. The van der Waals surface area contributed by atoms with Gasteiger partial charge >= 0.3 is 5.65 Å². The van der Waals surface area contributed by atoms with Gasteiger partial charge in [-0.25, -0.2) is 4.57 Å². The van der Waals surface area contributed by atoms with Crippen LogP contribution >= 0.6 is 0 Å². The second-order valence-electron chi connectivity index (χ2n) is 11.1. The van der Waals surface area contributed by atoms with Crippen LogP contribution in [0.3, 0.4) is 0 Å². The third-order valence-corrected chi connectivity index (χ3v) is 8.69. The number of nitrogens with two attached hydrogens (primary N) is 1. The molecule has 33 heavy (non-hydrogen) atoms. The number of aromatic nitrogens is 4. The summed E-state index contributed by atoms with van der Waals surface area (Å²) < 4.78 is 4.06. The summed E-state index contributed by atoms with van der Waals surface area (Å²) in [7, 11) is 1.96. The van der Waals surface area contributed by atoms with E-state index in [4.69, 9.17) is 5.73 Å². The number of hydrogen-bond donors (Lipinski definition) is 3. The van der Waals surface area contributed by atoms with Crippen molar-refractivity contribution in [2.24, 2.45) is 23.8 Å². The number of hydrogen-bond acceptors (Lipinski definition) is 5. The molecule has 2 aliphatic carbocycles. The molecule has 4 rings (SSSR count). The molecule has 0 unspecified atom stereocenters. The molecule has 0 radical (unpaired) electrons. The van der Waals surface area contributed by atoms with Crippen molar-refractivity contribution in [1.82, 2.24) is 14.5 Å². The van der Waals surface area contributed by atoms with E-state index >= 15 is 0 Å². The van der Waals surface area contributed by atoms with E-state index in [-0.39, 0.29) is 10.8 Å². The molecule has 0 aromatic carbocycles. The lowest BCUT2D eigenvalue weighted by Crippen LogP contribution is -2.48. The number of fused-ring (bicyclic) bond motifs is 1. The molecule has 0 fully saturated rings. The second-order valence-corrected chi connectivity index (χ2v) is 11.1. The molecule has 7 nitrogen and oxygen atoms in total. The highest BCUT2D eigenvalue weighted by atomic mass is 16.3. The van der Waals surface area contributed by atoms with Crippen molar-refractivity contribution in [1.29, 1.82) is 0 Å². The molecule has 180 valence electrons. The largest absolute Gasteiger partial charge is 0.392 e. The molecule has 0 amide bonds. The SMILES string of the molecule is C/C(=C\Cn1c[n+](C)c2ncnc(N)c21)CC[C@@]1(C)C2=C(CC[C@@H]1C)C(C)(C)[C@H](O)C[C@H]2O. The number of allylic oxidation sites excluding steroid dienone is 2. The average molecular weight is 455 g/mol. The Labute approximate surface area is 197 Å². The first-order valence-corrected chi connectivity index (χ1v) is 12.2. The highest BCUT2D eigenvalue weighted by molar-refractivity contribution is 5.79.